The van der Waals surface area contributed by atoms with E-state index >= 15 is 0 Å². The second-order valence-electron chi connectivity index (χ2n) is 4.95. The highest BCUT2D eigenvalue weighted by atomic mass is 35.5. The van der Waals surface area contributed by atoms with Gasteiger partial charge in [0.05, 0.1) is 15.6 Å². The number of allylic oxidation sites excluding steroid dienone is 4. The van der Waals surface area contributed by atoms with Crippen molar-refractivity contribution in [1.82, 2.24) is 0 Å². The molecule has 1 nitrogen and oxygen atoms in total. The van der Waals surface area contributed by atoms with Gasteiger partial charge in [0.15, 0.2) is 0 Å². The van der Waals surface area contributed by atoms with Gasteiger partial charge in [-0.3, -0.25) is 0 Å². The van der Waals surface area contributed by atoms with Crippen LogP contribution in [0.2, 0.25) is 0 Å². The van der Waals surface area contributed by atoms with Gasteiger partial charge < -0.3 is 5.73 Å². The van der Waals surface area contributed by atoms with E-state index in [1.165, 1.54) is 6.07 Å². The monoisotopic (exact) mass is 369 g/mol. The Morgan fingerprint density at radius 1 is 1.18 bits per heavy atom. The maximum Gasteiger partial charge on any atom is 0.416 e. The van der Waals surface area contributed by atoms with Gasteiger partial charge in [0, 0.05) is 11.0 Å². The topological polar surface area (TPSA) is 26.0 Å². The maximum absolute atomic E-state index is 13.0. The first kappa shape index (κ1) is 17.7. The fraction of sp³-hybridized carbons (Fsp3) is 0.333. The summed E-state index contributed by atoms with van der Waals surface area (Å²) in [5.41, 5.74) is 6.04. The third-order valence-corrected chi connectivity index (χ3v) is 4.92. The molecule has 1 aliphatic rings. The Balaban J connectivity index is 2.53. The van der Waals surface area contributed by atoms with E-state index in [9.17, 15) is 13.2 Å². The molecule has 0 heterocycles. The molecule has 1 aliphatic carbocycles. The van der Waals surface area contributed by atoms with Crippen molar-refractivity contribution in [3.8, 4) is 0 Å². The molecule has 0 saturated heterocycles. The second-order valence-corrected chi connectivity index (χ2v) is 6.14. The van der Waals surface area contributed by atoms with Gasteiger partial charge in [-0.05, 0) is 42.6 Å². The molecule has 1 atom stereocenters. The molecule has 0 radical (unpaired) electrons. The van der Waals surface area contributed by atoms with Crippen LogP contribution < -0.4 is 5.73 Å². The smallest absolute Gasteiger partial charge is 0.330 e. The van der Waals surface area contributed by atoms with Crippen molar-refractivity contribution in [3.05, 3.63) is 56.1 Å². The third kappa shape index (κ3) is 3.62. The van der Waals surface area contributed by atoms with Crippen LogP contribution in [0.3, 0.4) is 0 Å². The highest BCUT2D eigenvalue weighted by Gasteiger charge is 2.33. The van der Waals surface area contributed by atoms with Crippen LogP contribution in [0.15, 0.2) is 39.4 Å². The minimum Gasteiger partial charge on any atom is -0.330 e. The predicted molar refractivity (Wildman–Crippen MR) is 84.2 cm³/mol. The summed E-state index contributed by atoms with van der Waals surface area (Å²) in [4.78, 5) is 0. The zero-order valence-corrected chi connectivity index (χ0v) is 13.6. The van der Waals surface area contributed by atoms with Crippen LogP contribution in [0.5, 0.6) is 0 Å². The predicted octanol–water partition coefficient (Wildman–Crippen LogP) is 5.51. The number of benzene rings is 1. The number of nitrogens with two attached hydrogens (primary N) is 1. The lowest BCUT2D eigenvalue weighted by Gasteiger charge is -2.24. The Morgan fingerprint density at radius 3 is 2.45 bits per heavy atom. The van der Waals surface area contributed by atoms with Gasteiger partial charge in [-0.2, -0.15) is 13.2 Å². The molecule has 0 spiro atoms. The Labute approximate surface area is 141 Å². The van der Waals surface area contributed by atoms with E-state index in [0.29, 0.717) is 30.0 Å². The number of hydrogen-bond donors (Lipinski definition) is 1. The van der Waals surface area contributed by atoms with Gasteiger partial charge in [0.1, 0.15) is 0 Å². The van der Waals surface area contributed by atoms with Crippen molar-refractivity contribution in [2.75, 3.05) is 6.54 Å². The molecular formula is C15H13Cl3F3N. The number of alkyl halides is 3. The van der Waals surface area contributed by atoms with Gasteiger partial charge >= 0.3 is 6.18 Å². The van der Waals surface area contributed by atoms with Crippen molar-refractivity contribution >= 4 is 34.8 Å². The van der Waals surface area contributed by atoms with E-state index in [4.69, 9.17) is 40.5 Å². The molecule has 0 bridgehead atoms. The molecule has 2 rings (SSSR count). The minimum atomic E-state index is -4.42. The van der Waals surface area contributed by atoms with E-state index in [2.05, 4.69) is 0 Å². The van der Waals surface area contributed by atoms with E-state index in [1.54, 1.807) is 6.08 Å². The van der Waals surface area contributed by atoms with E-state index in [1.807, 2.05) is 0 Å². The molecule has 2 N–H and O–H groups in total. The van der Waals surface area contributed by atoms with Crippen molar-refractivity contribution in [3.63, 3.8) is 0 Å². The molecule has 0 saturated carbocycles. The highest BCUT2D eigenvalue weighted by Crippen LogP contribution is 2.44. The van der Waals surface area contributed by atoms with Crippen molar-refractivity contribution < 1.29 is 13.2 Å². The SMILES string of the molecule is NCCc1ccc(C(F)(F)F)cc1C1CC=C(Cl)C(Cl)=C1Cl. The summed E-state index contributed by atoms with van der Waals surface area (Å²) in [7, 11) is 0. The molecule has 0 aromatic heterocycles. The molecule has 1 unspecified atom stereocenters. The van der Waals surface area contributed by atoms with Crippen molar-refractivity contribution in [1.29, 1.82) is 0 Å². The summed E-state index contributed by atoms with van der Waals surface area (Å²) in [6, 6.07) is 3.62. The second kappa shape index (κ2) is 6.83. The number of rotatable bonds is 3. The standard InChI is InChI=1S/C15H13Cl3F3N/c16-12-4-3-10(13(17)14(12)18)11-7-9(15(19,20)21)2-1-8(11)5-6-22/h1-2,4,7,10H,3,5-6,22H2. The fourth-order valence-corrected chi connectivity index (χ4v) is 3.18. The largest absolute Gasteiger partial charge is 0.416 e. The van der Waals surface area contributed by atoms with Crippen LogP contribution in [0.1, 0.15) is 29.0 Å². The average Bonchev–Trinajstić information content (AvgIpc) is 2.45. The van der Waals surface area contributed by atoms with Gasteiger partial charge in [0.2, 0.25) is 0 Å². The summed E-state index contributed by atoms with van der Waals surface area (Å²) in [6.45, 7) is 0.330. The minimum absolute atomic E-state index is 0.177. The number of halogens is 6. The molecule has 22 heavy (non-hydrogen) atoms. The molecule has 7 heteroatoms. The number of hydrogen-bond acceptors (Lipinski definition) is 1. The zero-order valence-electron chi connectivity index (χ0n) is 11.4. The first-order valence-corrected chi connectivity index (χ1v) is 7.70. The van der Waals surface area contributed by atoms with Gasteiger partial charge in [-0.25, -0.2) is 0 Å². The van der Waals surface area contributed by atoms with Crippen LogP contribution >= 0.6 is 34.8 Å². The van der Waals surface area contributed by atoms with Crippen molar-refractivity contribution in [2.45, 2.75) is 24.9 Å². The van der Waals surface area contributed by atoms with Crippen LogP contribution in [-0.4, -0.2) is 6.54 Å². The van der Waals surface area contributed by atoms with Crippen LogP contribution in [-0.2, 0) is 12.6 Å². The molecule has 1 aromatic rings. The Kier molecular flexibility index (Phi) is 5.49. The van der Waals surface area contributed by atoms with Gasteiger partial charge in [0.25, 0.3) is 0 Å². The molecule has 0 aliphatic heterocycles. The maximum atomic E-state index is 13.0. The van der Waals surface area contributed by atoms with Crippen LogP contribution in [0, 0.1) is 0 Å². The first-order valence-electron chi connectivity index (χ1n) is 6.57. The summed E-state index contributed by atoms with van der Waals surface area (Å²) in [5.74, 6) is -0.444. The Bertz CT molecular complexity index is 635. The fourth-order valence-electron chi connectivity index (χ4n) is 2.42. The quantitative estimate of drug-likeness (QED) is 0.746. The summed E-state index contributed by atoms with van der Waals surface area (Å²) >= 11 is 18.1. The zero-order chi connectivity index (χ0) is 16.5. The van der Waals surface area contributed by atoms with Crippen molar-refractivity contribution in [2.24, 2.45) is 5.73 Å². The molecule has 0 fully saturated rings. The third-order valence-electron chi connectivity index (χ3n) is 3.52. The summed E-state index contributed by atoms with van der Waals surface area (Å²) < 4.78 is 38.9. The molecule has 0 amide bonds. The Hall–Kier alpha value is -0.680. The lowest BCUT2D eigenvalue weighted by Crippen LogP contribution is -2.13. The van der Waals surface area contributed by atoms with Gasteiger partial charge in [-0.1, -0.05) is 46.9 Å². The Morgan fingerprint density at radius 2 is 1.86 bits per heavy atom. The summed E-state index contributed by atoms with van der Waals surface area (Å²) in [6.07, 6.45) is -1.90. The average molecular weight is 371 g/mol. The molecule has 1 aromatic carbocycles. The lowest BCUT2D eigenvalue weighted by atomic mass is 9.86. The van der Waals surface area contributed by atoms with E-state index < -0.39 is 17.7 Å². The van der Waals surface area contributed by atoms with Gasteiger partial charge in [-0.15, -0.1) is 0 Å². The molecular weight excluding hydrogens is 358 g/mol. The van der Waals surface area contributed by atoms with E-state index in [0.717, 1.165) is 17.7 Å². The highest BCUT2D eigenvalue weighted by molar-refractivity contribution is 6.48. The van der Waals surface area contributed by atoms with Crippen LogP contribution in [0.4, 0.5) is 13.2 Å². The first-order chi connectivity index (χ1) is 10.3. The summed E-state index contributed by atoms with van der Waals surface area (Å²) in [5, 5.41) is 0.748. The normalized spacial score (nSPS) is 19.4. The lowest BCUT2D eigenvalue weighted by molar-refractivity contribution is -0.137. The van der Waals surface area contributed by atoms with E-state index in [-0.39, 0.29) is 10.1 Å². The molecule has 120 valence electrons. The van der Waals surface area contributed by atoms with Crippen LogP contribution in [0.25, 0.3) is 0 Å².